The van der Waals surface area contributed by atoms with Crippen molar-refractivity contribution in [1.82, 2.24) is 4.57 Å². The van der Waals surface area contributed by atoms with Crippen molar-refractivity contribution < 1.29 is 10.2 Å². The molecule has 2 rings (SSSR count). The third-order valence-electron chi connectivity index (χ3n) is 2.11. The lowest BCUT2D eigenvalue weighted by atomic mass is 10.2. The summed E-state index contributed by atoms with van der Waals surface area (Å²) in [4.78, 5) is 0. The van der Waals surface area contributed by atoms with Gasteiger partial charge in [0.25, 0.3) is 0 Å². The van der Waals surface area contributed by atoms with E-state index in [4.69, 9.17) is 17.7 Å². The second kappa shape index (κ2) is 3.32. The van der Waals surface area contributed by atoms with Gasteiger partial charge >= 0.3 is 0 Å². The summed E-state index contributed by atoms with van der Waals surface area (Å²) in [5.41, 5.74) is 7.32. The van der Waals surface area contributed by atoms with Crippen molar-refractivity contribution >= 4 is 28.2 Å². The van der Waals surface area contributed by atoms with Crippen molar-refractivity contribution in [3.8, 4) is 11.6 Å². The zero-order chi connectivity index (χ0) is 11.0. The first-order valence-electron chi connectivity index (χ1n) is 4.10. The lowest BCUT2D eigenvalue weighted by Gasteiger charge is -2.00. The number of hydrogen-bond donors (Lipinski definition) is 3. The molecule has 0 saturated carbocycles. The average molecular weight is 221 g/mol. The van der Waals surface area contributed by atoms with Crippen LogP contribution in [0.15, 0.2) is 29.4 Å². The highest BCUT2D eigenvalue weighted by Crippen LogP contribution is 2.36. The van der Waals surface area contributed by atoms with Crippen LogP contribution in [-0.2, 0) is 0 Å². The highest BCUT2D eigenvalue weighted by Gasteiger charge is 2.17. The fourth-order valence-electron chi connectivity index (χ4n) is 1.45. The second-order valence-corrected chi connectivity index (χ2v) is 3.28. The van der Waals surface area contributed by atoms with Crippen molar-refractivity contribution in [1.29, 1.82) is 5.53 Å². The number of rotatable bonds is 0. The van der Waals surface area contributed by atoms with Crippen LogP contribution in [0.2, 0.25) is 0 Å². The van der Waals surface area contributed by atoms with Crippen LogP contribution in [0.4, 0.5) is 0 Å². The molecule has 1 aromatic heterocycles. The number of para-hydroxylation sites is 1. The van der Waals surface area contributed by atoms with Crippen LogP contribution in [-0.4, -0.2) is 19.9 Å². The van der Waals surface area contributed by atoms with Gasteiger partial charge in [0.2, 0.25) is 11.0 Å². The van der Waals surface area contributed by atoms with Gasteiger partial charge in [-0.05, 0) is 24.4 Å². The summed E-state index contributed by atoms with van der Waals surface area (Å²) >= 11 is 4.79. The predicted molar refractivity (Wildman–Crippen MR) is 58.4 cm³/mol. The molecule has 0 aliphatic carbocycles. The normalized spacial score (nSPS) is 10.4. The maximum absolute atomic E-state index is 9.61. The molecule has 6 heteroatoms. The molecule has 1 aromatic carbocycles. The Morgan fingerprint density at radius 1 is 1.33 bits per heavy atom. The Kier molecular flexibility index (Phi) is 2.12. The van der Waals surface area contributed by atoms with Crippen molar-refractivity contribution in [2.24, 2.45) is 5.11 Å². The smallest absolute Gasteiger partial charge is 0.242 e. The second-order valence-electron chi connectivity index (χ2n) is 2.92. The molecule has 15 heavy (non-hydrogen) atoms. The largest absolute Gasteiger partial charge is 0.503 e. The molecule has 0 bridgehead atoms. The SMILES string of the molecule is N=NC(=S)n1c(O)c(O)c2ccccc21. The van der Waals surface area contributed by atoms with E-state index in [1.807, 2.05) is 0 Å². The summed E-state index contributed by atoms with van der Waals surface area (Å²) in [7, 11) is 0. The molecule has 0 radical (unpaired) electrons. The van der Waals surface area contributed by atoms with Crippen LogP contribution in [0.3, 0.4) is 0 Å². The van der Waals surface area contributed by atoms with E-state index in [9.17, 15) is 10.2 Å². The Hall–Kier alpha value is -1.95. The molecule has 0 unspecified atom stereocenters. The Morgan fingerprint density at radius 2 is 2.00 bits per heavy atom. The fourth-order valence-corrected chi connectivity index (χ4v) is 1.64. The molecule has 2 aromatic rings. The van der Waals surface area contributed by atoms with Crippen LogP contribution in [0.5, 0.6) is 11.6 Å². The van der Waals surface area contributed by atoms with Crippen LogP contribution >= 0.6 is 12.2 Å². The van der Waals surface area contributed by atoms with Gasteiger partial charge in [0.15, 0.2) is 5.75 Å². The third kappa shape index (κ3) is 1.26. The van der Waals surface area contributed by atoms with Gasteiger partial charge in [-0.25, -0.2) is 5.53 Å². The van der Waals surface area contributed by atoms with Crippen LogP contribution < -0.4 is 0 Å². The number of nitrogens with one attached hydrogen (secondary N) is 1. The molecule has 76 valence electrons. The first-order chi connectivity index (χ1) is 7.16. The number of fused-ring (bicyclic) bond motifs is 1. The maximum atomic E-state index is 9.61. The molecule has 0 spiro atoms. The topological polar surface area (TPSA) is 81.6 Å². The van der Waals surface area contributed by atoms with Gasteiger partial charge in [0, 0.05) is 5.39 Å². The monoisotopic (exact) mass is 221 g/mol. The summed E-state index contributed by atoms with van der Waals surface area (Å²) in [5.74, 6) is -0.645. The quantitative estimate of drug-likeness (QED) is 0.471. The lowest BCUT2D eigenvalue weighted by molar-refractivity contribution is 0.392. The van der Waals surface area contributed by atoms with E-state index < -0.39 is 5.88 Å². The molecule has 3 N–H and O–H groups in total. The summed E-state index contributed by atoms with van der Waals surface area (Å²) in [6.07, 6.45) is 0. The number of thiocarbonyl (C=S) groups is 1. The summed E-state index contributed by atoms with van der Waals surface area (Å²) < 4.78 is 1.15. The Labute approximate surface area is 90.1 Å². The first-order valence-corrected chi connectivity index (χ1v) is 4.50. The van der Waals surface area contributed by atoms with Gasteiger partial charge in [-0.3, -0.25) is 4.57 Å². The van der Waals surface area contributed by atoms with E-state index in [2.05, 4.69) is 5.11 Å². The van der Waals surface area contributed by atoms with Crippen molar-refractivity contribution in [2.75, 3.05) is 0 Å². The lowest BCUT2D eigenvalue weighted by Crippen LogP contribution is -2.03. The molecule has 5 nitrogen and oxygen atoms in total. The molecule has 0 fully saturated rings. The standard InChI is InChI=1S/C9H7N3O2S/c10-11-9(15)12-6-4-2-1-3-5(6)7(13)8(12)14/h1-4,10,13-14H. The van der Waals surface area contributed by atoms with Gasteiger partial charge in [0.05, 0.1) is 5.52 Å². The van der Waals surface area contributed by atoms with Crippen molar-refractivity contribution in [3.05, 3.63) is 24.3 Å². The fraction of sp³-hybridized carbons (Fsp3) is 0. The molecular formula is C9H7N3O2S. The number of aromatic hydroxyl groups is 2. The minimum absolute atomic E-state index is 0.121. The van der Waals surface area contributed by atoms with Crippen LogP contribution in [0, 0.1) is 5.53 Å². The summed E-state index contributed by atoms with van der Waals surface area (Å²) in [5, 5.41) is 22.6. The Morgan fingerprint density at radius 3 is 2.67 bits per heavy atom. The first kappa shape index (κ1) is 9.60. The van der Waals surface area contributed by atoms with Gasteiger partial charge in [-0.15, -0.1) is 5.11 Å². The number of benzene rings is 1. The average Bonchev–Trinajstić information content (AvgIpc) is 2.52. The molecule has 0 amide bonds. The maximum Gasteiger partial charge on any atom is 0.242 e. The summed E-state index contributed by atoms with van der Waals surface area (Å²) in [6.45, 7) is 0. The van der Waals surface area contributed by atoms with Gasteiger partial charge in [-0.2, -0.15) is 0 Å². The molecule has 0 saturated heterocycles. The minimum Gasteiger partial charge on any atom is -0.503 e. The van der Waals surface area contributed by atoms with Gasteiger partial charge < -0.3 is 10.2 Å². The highest BCUT2D eigenvalue weighted by atomic mass is 32.1. The van der Waals surface area contributed by atoms with E-state index in [0.717, 1.165) is 4.57 Å². The zero-order valence-corrected chi connectivity index (χ0v) is 8.32. The van der Waals surface area contributed by atoms with Crippen LogP contribution in [0.25, 0.3) is 10.9 Å². The minimum atomic E-state index is -0.391. The molecular weight excluding hydrogens is 214 g/mol. The van der Waals surface area contributed by atoms with Crippen LogP contribution in [0.1, 0.15) is 0 Å². The van der Waals surface area contributed by atoms with Crippen molar-refractivity contribution in [3.63, 3.8) is 0 Å². The van der Waals surface area contributed by atoms with E-state index in [-0.39, 0.29) is 10.9 Å². The van der Waals surface area contributed by atoms with E-state index in [1.165, 1.54) is 0 Å². The number of nitrogens with zero attached hydrogens (tertiary/aromatic N) is 2. The Balaban J connectivity index is 2.89. The van der Waals surface area contributed by atoms with E-state index >= 15 is 0 Å². The van der Waals surface area contributed by atoms with E-state index in [0.29, 0.717) is 10.9 Å². The Bertz CT molecular complexity index is 562. The number of aromatic nitrogens is 1. The van der Waals surface area contributed by atoms with E-state index in [1.54, 1.807) is 24.3 Å². The highest BCUT2D eigenvalue weighted by molar-refractivity contribution is 7.80. The third-order valence-corrected chi connectivity index (χ3v) is 2.38. The van der Waals surface area contributed by atoms with Crippen molar-refractivity contribution in [2.45, 2.75) is 0 Å². The molecule has 0 aliphatic rings. The predicted octanol–water partition coefficient (Wildman–Crippen LogP) is 2.22. The zero-order valence-electron chi connectivity index (χ0n) is 7.51. The molecule has 0 atom stereocenters. The number of hydrogen-bond acceptors (Lipinski definition) is 4. The summed E-state index contributed by atoms with van der Waals surface area (Å²) in [6, 6.07) is 6.79. The molecule has 1 heterocycles. The van der Waals surface area contributed by atoms with Gasteiger partial charge in [-0.1, -0.05) is 12.1 Å². The van der Waals surface area contributed by atoms with Gasteiger partial charge in [0.1, 0.15) is 0 Å². The molecule has 0 aliphatic heterocycles.